The van der Waals surface area contributed by atoms with Gasteiger partial charge in [0, 0.05) is 30.6 Å². The Hall–Kier alpha value is -1.63. The summed E-state index contributed by atoms with van der Waals surface area (Å²) in [5.74, 6) is -0.460. The lowest BCUT2D eigenvalue weighted by Crippen LogP contribution is -2.29. The molecule has 0 spiro atoms. The van der Waals surface area contributed by atoms with Crippen LogP contribution in [0.5, 0.6) is 11.5 Å². The molecular formula is C13H16O6. The fourth-order valence-electron chi connectivity index (χ4n) is 2.38. The largest absolute Gasteiger partial charge is 0.507 e. The van der Waals surface area contributed by atoms with Gasteiger partial charge in [-0.05, 0) is 6.07 Å². The molecule has 6 nitrogen and oxygen atoms in total. The minimum absolute atomic E-state index is 0.00190. The molecule has 0 radical (unpaired) electrons. The third kappa shape index (κ3) is 2.18. The summed E-state index contributed by atoms with van der Waals surface area (Å²) < 4.78 is 5.09. The van der Waals surface area contributed by atoms with Crippen LogP contribution in [0.1, 0.15) is 34.0 Å². The summed E-state index contributed by atoms with van der Waals surface area (Å²) in [6, 6.07) is 1.42. The zero-order valence-electron chi connectivity index (χ0n) is 10.5. The predicted octanol–water partition coefficient (Wildman–Crippen LogP) is -0.0837. The number of aliphatic hydroxyl groups is 3. The fraction of sp³-hybridized carbons (Fsp3) is 0.462. The lowest BCUT2D eigenvalue weighted by Gasteiger charge is -2.27. The van der Waals surface area contributed by atoms with Crippen LogP contribution < -0.4 is 4.74 Å². The molecule has 0 bridgehead atoms. The van der Waals surface area contributed by atoms with Crippen molar-refractivity contribution >= 4 is 5.78 Å². The second kappa shape index (κ2) is 5.16. The Labute approximate surface area is 109 Å². The first-order chi connectivity index (χ1) is 9.01. The Bertz CT molecular complexity index is 510. The van der Waals surface area contributed by atoms with E-state index in [-0.39, 0.29) is 42.1 Å². The zero-order chi connectivity index (χ0) is 14.2. The minimum atomic E-state index is -1.24. The normalized spacial score (nSPS) is 22.2. The first-order valence-corrected chi connectivity index (χ1v) is 5.94. The molecule has 2 unspecified atom stereocenters. The number of aliphatic hydroxyl groups excluding tert-OH is 3. The average molecular weight is 268 g/mol. The molecule has 1 aliphatic carbocycles. The number of hydrogen-bond acceptors (Lipinski definition) is 6. The highest BCUT2D eigenvalue weighted by atomic mass is 16.5. The van der Waals surface area contributed by atoms with Gasteiger partial charge in [0.2, 0.25) is 0 Å². The highest BCUT2D eigenvalue weighted by molar-refractivity contribution is 6.02. The maximum absolute atomic E-state index is 11.9. The molecule has 19 heavy (non-hydrogen) atoms. The summed E-state index contributed by atoms with van der Waals surface area (Å²) in [4.78, 5) is 11.9. The number of fused-ring (bicyclic) bond motifs is 1. The predicted molar refractivity (Wildman–Crippen MR) is 65.4 cm³/mol. The number of phenolic OH excluding ortho intramolecular Hbond substituents is 1. The number of rotatable bonds is 3. The van der Waals surface area contributed by atoms with Crippen LogP contribution >= 0.6 is 0 Å². The Morgan fingerprint density at radius 3 is 2.68 bits per heavy atom. The molecule has 0 saturated heterocycles. The second-order valence-corrected chi connectivity index (χ2v) is 4.48. The Kier molecular flexibility index (Phi) is 3.75. The number of hydrogen-bond donors (Lipinski definition) is 4. The molecule has 104 valence electrons. The van der Waals surface area contributed by atoms with Crippen molar-refractivity contribution in [1.82, 2.24) is 0 Å². The summed E-state index contributed by atoms with van der Waals surface area (Å²) in [5.41, 5.74) is 0.475. The number of aromatic hydroxyl groups is 1. The Balaban J connectivity index is 2.66. The fourth-order valence-corrected chi connectivity index (χ4v) is 2.38. The summed E-state index contributed by atoms with van der Waals surface area (Å²) >= 11 is 0. The van der Waals surface area contributed by atoms with Gasteiger partial charge in [0.05, 0.1) is 18.8 Å². The van der Waals surface area contributed by atoms with E-state index in [2.05, 4.69) is 0 Å². The van der Waals surface area contributed by atoms with Gasteiger partial charge in [-0.3, -0.25) is 4.79 Å². The van der Waals surface area contributed by atoms with Crippen LogP contribution in [0.2, 0.25) is 0 Å². The van der Waals surface area contributed by atoms with E-state index in [1.807, 2.05) is 0 Å². The molecule has 0 amide bonds. The number of phenols is 1. The van der Waals surface area contributed by atoms with Gasteiger partial charge in [-0.2, -0.15) is 0 Å². The number of benzene rings is 1. The molecule has 2 rings (SSSR count). The van der Waals surface area contributed by atoms with E-state index >= 15 is 0 Å². The van der Waals surface area contributed by atoms with Crippen LogP contribution in [0.3, 0.4) is 0 Å². The third-order valence-corrected chi connectivity index (χ3v) is 3.33. The smallest absolute Gasteiger partial charge is 0.169 e. The number of Topliss-reactive ketones (excluding diaryl/α,β-unsaturated/α-hetero) is 1. The Morgan fingerprint density at radius 2 is 2.11 bits per heavy atom. The van der Waals surface area contributed by atoms with Crippen LogP contribution in [0.25, 0.3) is 0 Å². The van der Waals surface area contributed by atoms with Gasteiger partial charge in [0.25, 0.3) is 0 Å². The van der Waals surface area contributed by atoms with E-state index in [0.717, 1.165) is 0 Å². The van der Waals surface area contributed by atoms with E-state index < -0.39 is 18.0 Å². The lowest BCUT2D eigenvalue weighted by atomic mass is 9.84. The minimum Gasteiger partial charge on any atom is -0.507 e. The molecule has 0 saturated carbocycles. The molecule has 2 atom stereocenters. The standard InChI is InChI=1S/C13H16O6/c1-19-10-4-7-11(13(18)6(10)2-3-14)8(15)5-9(16)12(7)17/h4,9,12,14,16-18H,2-3,5H2,1H3. The number of ether oxygens (including phenoxy) is 1. The van der Waals surface area contributed by atoms with Crippen molar-refractivity contribution in [1.29, 1.82) is 0 Å². The number of methoxy groups -OCH3 is 1. The van der Waals surface area contributed by atoms with E-state index in [4.69, 9.17) is 9.84 Å². The van der Waals surface area contributed by atoms with Crippen molar-refractivity contribution in [3.05, 3.63) is 22.8 Å². The van der Waals surface area contributed by atoms with Crippen molar-refractivity contribution < 1.29 is 30.0 Å². The topological polar surface area (TPSA) is 107 Å². The lowest BCUT2D eigenvalue weighted by molar-refractivity contribution is 0.00829. The Morgan fingerprint density at radius 1 is 1.42 bits per heavy atom. The van der Waals surface area contributed by atoms with Crippen LogP contribution in [-0.4, -0.2) is 46.0 Å². The molecule has 6 heteroatoms. The molecule has 4 N–H and O–H groups in total. The zero-order valence-corrected chi connectivity index (χ0v) is 10.5. The molecule has 0 aliphatic heterocycles. The molecular weight excluding hydrogens is 252 g/mol. The van der Waals surface area contributed by atoms with Gasteiger partial charge in [0.1, 0.15) is 17.6 Å². The molecule has 0 heterocycles. The van der Waals surface area contributed by atoms with Crippen molar-refractivity contribution in [2.45, 2.75) is 25.0 Å². The van der Waals surface area contributed by atoms with Crippen molar-refractivity contribution in [2.75, 3.05) is 13.7 Å². The highest BCUT2D eigenvalue weighted by Gasteiger charge is 2.35. The average Bonchev–Trinajstić information content (AvgIpc) is 2.38. The van der Waals surface area contributed by atoms with E-state index in [9.17, 15) is 20.1 Å². The second-order valence-electron chi connectivity index (χ2n) is 4.48. The summed E-state index contributed by atoms with van der Waals surface area (Å²) in [5, 5.41) is 38.6. The van der Waals surface area contributed by atoms with Crippen LogP contribution in [0.15, 0.2) is 6.07 Å². The molecule has 1 aromatic rings. The molecule has 0 fully saturated rings. The van der Waals surface area contributed by atoms with Crippen molar-refractivity contribution in [3.63, 3.8) is 0 Å². The first-order valence-electron chi connectivity index (χ1n) is 5.94. The quantitative estimate of drug-likeness (QED) is 0.610. The number of carbonyl (C=O) groups is 1. The highest BCUT2D eigenvalue weighted by Crippen LogP contribution is 2.41. The number of carbonyl (C=O) groups excluding carboxylic acids is 1. The van der Waals surface area contributed by atoms with Gasteiger partial charge in [-0.25, -0.2) is 0 Å². The summed E-state index contributed by atoms with van der Waals surface area (Å²) in [6.45, 7) is -0.206. The van der Waals surface area contributed by atoms with E-state index in [0.29, 0.717) is 5.56 Å². The van der Waals surface area contributed by atoms with Gasteiger partial charge in [-0.15, -0.1) is 0 Å². The summed E-state index contributed by atoms with van der Waals surface area (Å²) in [6.07, 6.45) is -2.54. The van der Waals surface area contributed by atoms with Crippen molar-refractivity contribution in [2.24, 2.45) is 0 Å². The summed E-state index contributed by atoms with van der Waals surface area (Å²) in [7, 11) is 1.38. The van der Waals surface area contributed by atoms with Crippen LogP contribution in [-0.2, 0) is 6.42 Å². The SMILES string of the molecule is COc1cc2c(c(O)c1CCO)C(=O)CC(O)C2O. The van der Waals surface area contributed by atoms with Crippen molar-refractivity contribution in [3.8, 4) is 11.5 Å². The molecule has 1 aliphatic rings. The van der Waals surface area contributed by atoms with Crippen LogP contribution in [0.4, 0.5) is 0 Å². The maximum Gasteiger partial charge on any atom is 0.169 e. The van der Waals surface area contributed by atoms with Gasteiger partial charge >= 0.3 is 0 Å². The van der Waals surface area contributed by atoms with E-state index in [1.54, 1.807) is 0 Å². The van der Waals surface area contributed by atoms with Gasteiger partial charge in [-0.1, -0.05) is 0 Å². The maximum atomic E-state index is 11.9. The first kappa shape index (κ1) is 13.8. The van der Waals surface area contributed by atoms with Gasteiger partial charge in [0.15, 0.2) is 5.78 Å². The molecule has 1 aromatic carbocycles. The van der Waals surface area contributed by atoms with Gasteiger partial charge < -0.3 is 25.2 Å². The van der Waals surface area contributed by atoms with Crippen LogP contribution in [0, 0.1) is 0 Å². The third-order valence-electron chi connectivity index (χ3n) is 3.33. The number of ketones is 1. The van der Waals surface area contributed by atoms with E-state index in [1.165, 1.54) is 13.2 Å². The monoisotopic (exact) mass is 268 g/mol. The molecule has 0 aromatic heterocycles.